The van der Waals surface area contributed by atoms with Crippen molar-refractivity contribution in [3.8, 4) is 5.75 Å². The summed E-state index contributed by atoms with van der Waals surface area (Å²) < 4.78 is 0. The van der Waals surface area contributed by atoms with Crippen LogP contribution in [-0.4, -0.2) is 12.4 Å². The molecule has 68 valence electrons. The monoisotopic (exact) mass is 179 g/mol. The number of oxime groups is 2. The highest BCUT2D eigenvalue weighted by atomic mass is 16.7. The van der Waals surface area contributed by atoms with E-state index < -0.39 is 0 Å². The Morgan fingerprint density at radius 1 is 1.08 bits per heavy atom. The summed E-state index contributed by atoms with van der Waals surface area (Å²) in [7, 11) is 0. The molecule has 13 heavy (non-hydrogen) atoms. The first-order valence-corrected chi connectivity index (χ1v) is 3.57. The van der Waals surface area contributed by atoms with Gasteiger partial charge in [0.15, 0.2) is 5.75 Å². The Bertz CT molecular complexity index is 285. The van der Waals surface area contributed by atoms with E-state index in [4.69, 9.17) is 4.84 Å². The van der Waals surface area contributed by atoms with Crippen LogP contribution in [0.2, 0.25) is 0 Å². The van der Waals surface area contributed by atoms with Crippen LogP contribution in [0.25, 0.3) is 0 Å². The lowest BCUT2D eigenvalue weighted by Gasteiger charge is -1.94. The first-order valence-electron chi connectivity index (χ1n) is 3.57. The lowest BCUT2D eigenvalue weighted by atomic mass is 10.3. The van der Waals surface area contributed by atoms with E-state index in [-0.39, 0.29) is 0 Å². The van der Waals surface area contributed by atoms with Gasteiger partial charge in [-0.05, 0) is 12.1 Å². The van der Waals surface area contributed by atoms with Crippen molar-refractivity contribution in [2.75, 3.05) is 0 Å². The molecule has 1 rings (SSSR count). The summed E-state index contributed by atoms with van der Waals surface area (Å²) in [5, 5.41) is 6.80. The second-order valence-corrected chi connectivity index (χ2v) is 2.02. The van der Waals surface area contributed by atoms with Crippen LogP contribution < -0.4 is 10.7 Å². The molecule has 0 amide bonds. The zero-order chi connectivity index (χ0) is 9.36. The molecule has 0 unspecified atom stereocenters. The Hall–Kier alpha value is -1.88. The third-order valence-electron chi connectivity index (χ3n) is 1.15. The van der Waals surface area contributed by atoms with Crippen LogP contribution in [0.5, 0.6) is 5.75 Å². The van der Waals surface area contributed by atoms with Crippen LogP contribution in [0.15, 0.2) is 40.6 Å². The molecule has 5 heteroatoms. The second kappa shape index (κ2) is 5.73. The van der Waals surface area contributed by atoms with Gasteiger partial charge >= 0.3 is 0 Å². The van der Waals surface area contributed by atoms with E-state index >= 15 is 0 Å². The predicted molar refractivity (Wildman–Crippen MR) is 49.3 cm³/mol. The highest BCUT2D eigenvalue weighted by molar-refractivity contribution is 6.15. The van der Waals surface area contributed by atoms with Gasteiger partial charge in [-0.15, -0.1) is 5.90 Å². The van der Waals surface area contributed by atoms with Crippen LogP contribution in [0.4, 0.5) is 0 Å². The van der Waals surface area contributed by atoms with Crippen molar-refractivity contribution in [3.05, 3.63) is 30.3 Å². The van der Waals surface area contributed by atoms with Gasteiger partial charge in [0.25, 0.3) is 0 Å². The molecule has 0 aliphatic heterocycles. The maximum Gasteiger partial charge on any atom is 0.157 e. The van der Waals surface area contributed by atoms with Crippen molar-refractivity contribution >= 4 is 12.4 Å². The minimum absolute atomic E-state index is 0.654. The third-order valence-corrected chi connectivity index (χ3v) is 1.15. The fourth-order valence-electron chi connectivity index (χ4n) is 0.662. The van der Waals surface area contributed by atoms with E-state index in [0.29, 0.717) is 5.75 Å². The number of para-hydroxylation sites is 1. The highest BCUT2D eigenvalue weighted by Gasteiger charge is 1.85. The van der Waals surface area contributed by atoms with Crippen molar-refractivity contribution in [1.82, 2.24) is 0 Å². The molecule has 0 aliphatic carbocycles. The lowest BCUT2D eigenvalue weighted by Crippen LogP contribution is -1.91. The molecule has 5 nitrogen and oxygen atoms in total. The van der Waals surface area contributed by atoms with Gasteiger partial charge in [0.2, 0.25) is 0 Å². The van der Waals surface area contributed by atoms with Crippen molar-refractivity contribution in [2.45, 2.75) is 0 Å². The van der Waals surface area contributed by atoms with Crippen molar-refractivity contribution in [3.63, 3.8) is 0 Å². The Balaban J connectivity index is 2.35. The molecule has 1 aromatic rings. The summed E-state index contributed by atoms with van der Waals surface area (Å²) in [5.74, 6) is 5.27. The topological polar surface area (TPSA) is 69.2 Å². The van der Waals surface area contributed by atoms with Gasteiger partial charge in [0.05, 0.1) is 12.4 Å². The number of nitrogens with two attached hydrogens (primary N) is 1. The van der Waals surface area contributed by atoms with Gasteiger partial charge in [0, 0.05) is 0 Å². The summed E-state index contributed by atoms with van der Waals surface area (Å²) in [4.78, 5) is 8.85. The summed E-state index contributed by atoms with van der Waals surface area (Å²) in [5.41, 5.74) is 0. The average Bonchev–Trinajstić information content (AvgIpc) is 2.19. The molecule has 2 N–H and O–H groups in total. The van der Waals surface area contributed by atoms with Gasteiger partial charge in [-0.25, -0.2) is 0 Å². The van der Waals surface area contributed by atoms with Gasteiger partial charge < -0.3 is 9.78 Å². The number of hydrogen-bond acceptors (Lipinski definition) is 5. The Morgan fingerprint density at radius 3 is 2.46 bits per heavy atom. The smallest absolute Gasteiger partial charge is 0.157 e. The number of nitrogens with zero attached hydrogens (tertiary/aromatic N) is 2. The van der Waals surface area contributed by atoms with Gasteiger partial charge in [-0.1, -0.05) is 28.5 Å². The summed E-state index contributed by atoms with van der Waals surface area (Å²) in [6, 6.07) is 9.16. The summed E-state index contributed by atoms with van der Waals surface area (Å²) in [6.45, 7) is 0. The van der Waals surface area contributed by atoms with Crippen LogP contribution in [-0.2, 0) is 4.94 Å². The maximum absolute atomic E-state index is 4.93. The standard InChI is InChI=1S/C8H9N3O2/c9-13-11-7-6-10-12-8-4-2-1-3-5-8/h1-7H,9H2/b10-6+,11-7+. The predicted octanol–water partition coefficient (Wildman–Crippen LogP) is 0.927. The number of hydrogen-bond donors (Lipinski definition) is 1. The molecular weight excluding hydrogens is 170 g/mol. The Morgan fingerprint density at radius 2 is 1.77 bits per heavy atom. The second-order valence-electron chi connectivity index (χ2n) is 2.02. The van der Waals surface area contributed by atoms with Gasteiger partial charge in [-0.2, -0.15) is 0 Å². The fraction of sp³-hybridized carbons (Fsp3) is 0. The third kappa shape index (κ3) is 3.88. The van der Waals surface area contributed by atoms with Crippen LogP contribution in [0.1, 0.15) is 0 Å². The molecule has 0 radical (unpaired) electrons. The van der Waals surface area contributed by atoms with E-state index in [2.05, 4.69) is 21.1 Å². The molecule has 0 aliphatic rings. The zero-order valence-electron chi connectivity index (χ0n) is 6.83. The fourth-order valence-corrected chi connectivity index (χ4v) is 0.662. The maximum atomic E-state index is 4.93. The highest BCUT2D eigenvalue weighted by Crippen LogP contribution is 2.07. The SMILES string of the molecule is NO/N=C/C=N/Oc1ccccc1. The molecular formula is C8H9N3O2. The number of rotatable bonds is 4. The van der Waals surface area contributed by atoms with E-state index in [9.17, 15) is 0 Å². The Labute approximate surface area is 75.4 Å². The van der Waals surface area contributed by atoms with Crippen LogP contribution >= 0.6 is 0 Å². The van der Waals surface area contributed by atoms with Crippen LogP contribution in [0, 0.1) is 0 Å². The molecule has 0 fully saturated rings. The Kier molecular flexibility index (Phi) is 4.06. The van der Waals surface area contributed by atoms with E-state index in [1.165, 1.54) is 12.4 Å². The molecule has 0 atom stereocenters. The minimum atomic E-state index is 0.654. The molecule has 1 aromatic carbocycles. The summed E-state index contributed by atoms with van der Waals surface area (Å²) in [6.07, 6.45) is 2.59. The normalized spacial score (nSPS) is 10.8. The van der Waals surface area contributed by atoms with Gasteiger partial charge in [-0.3, -0.25) is 0 Å². The van der Waals surface area contributed by atoms with Crippen molar-refractivity contribution in [2.24, 2.45) is 16.2 Å². The molecule has 0 bridgehead atoms. The quantitative estimate of drug-likeness (QED) is 0.552. The number of benzene rings is 1. The first kappa shape index (κ1) is 9.21. The van der Waals surface area contributed by atoms with E-state index in [1.807, 2.05) is 18.2 Å². The summed E-state index contributed by atoms with van der Waals surface area (Å²) >= 11 is 0. The first-order chi connectivity index (χ1) is 6.43. The van der Waals surface area contributed by atoms with E-state index in [1.54, 1.807) is 12.1 Å². The van der Waals surface area contributed by atoms with Crippen LogP contribution in [0.3, 0.4) is 0 Å². The van der Waals surface area contributed by atoms with Gasteiger partial charge in [0.1, 0.15) is 0 Å². The molecule has 0 saturated carbocycles. The molecule has 0 saturated heterocycles. The van der Waals surface area contributed by atoms with Crippen molar-refractivity contribution < 1.29 is 9.78 Å². The largest absolute Gasteiger partial charge is 0.357 e. The minimum Gasteiger partial charge on any atom is -0.357 e. The molecule has 0 aromatic heterocycles. The van der Waals surface area contributed by atoms with Crippen molar-refractivity contribution in [1.29, 1.82) is 0 Å². The zero-order valence-corrected chi connectivity index (χ0v) is 6.83. The average molecular weight is 179 g/mol. The molecule has 0 spiro atoms. The lowest BCUT2D eigenvalue weighted by molar-refractivity contribution is 0.151. The van der Waals surface area contributed by atoms with E-state index in [0.717, 1.165) is 0 Å². The molecule has 0 heterocycles.